The Hall–Kier alpha value is -3.19. The van der Waals surface area contributed by atoms with Crippen LogP contribution in [0.1, 0.15) is 55.7 Å². The Balaban J connectivity index is 1.24. The van der Waals surface area contributed by atoms with Crippen LogP contribution in [0.5, 0.6) is 0 Å². The average Bonchev–Trinajstić information content (AvgIpc) is 3.22. The van der Waals surface area contributed by atoms with E-state index in [1.54, 1.807) is 12.1 Å². The number of rotatable bonds is 4. The second-order valence-electron chi connectivity index (χ2n) is 10.8. The molecule has 1 aromatic carbocycles. The molecule has 1 aromatic rings. The Labute approximate surface area is 211 Å². The molecule has 0 saturated heterocycles. The van der Waals surface area contributed by atoms with Crippen molar-refractivity contribution in [3.05, 3.63) is 69.8 Å². The lowest BCUT2D eigenvalue weighted by atomic mass is 9.78. The molecule has 5 aliphatic rings. The minimum absolute atomic E-state index is 0.230. The van der Waals surface area contributed by atoms with Gasteiger partial charge in [0, 0.05) is 55.6 Å². The summed E-state index contributed by atoms with van der Waals surface area (Å²) >= 11 is 0. The highest BCUT2D eigenvalue weighted by Crippen LogP contribution is 2.40. The van der Waals surface area contributed by atoms with Crippen molar-refractivity contribution in [1.82, 2.24) is 15.2 Å². The summed E-state index contributed by atoms with van der Waals surface area (Å²) in [6.45, 7) is 4.55. The Morgan fingerprint density at radius 2 is 2.03 bits per heavy atom. The molecule has 0 aromatic heterocycles. The minimum atomic E-state index is -0.670. The van der Waals surface area contributed by atoms with Gasteiger partial charge in [-0.2, -0.15) is 5.10 Å². The molecule has 0 bridgehead atoms. The van der Waals surface area contributed by atoms with E-state index in [2.05, 4.69) is 34.5 Å². The first kappa shape index (κ1) is 23.2. The number of likely N-dealkylation sites (N-methyl/N-ethyl adjacent to an activating group) is 1. The van der Waals surface area contributed by atoms with Gasteiger partial charge in [-0.1, -0.05) is 19.1 Å². The lowest BCUT2D eigenvalue weighted by Gasteiger charge is -2.40. The molecule has 1 atom stereocenters. The summed E-state index contributed by atoms with van der Waals surface area (Å²) in [5.74, 6) is -0.854. The fourth-order valence-corrected chi connectivity index (χ4v) is 6.59. The van der Waals surface area contributed by atoms with E-state index in [9.17, 15) is 14.3 Å². The summed E-state index contributed by atoms with van der Waals surface area (Å²) in [6.07, 6.45) is 13.4. The van der Waals surface area contributed by atoms with Crippen LogP contribution in [0.25, 0.3) is 11.6 Å². The summed E-state index contributed by atoms with van der Waals surface area (Å²) in [5.41, 5.74) is 11.5. The summed E-state index contributed by atoms with van der Waals surface area (Å²) < 4.78 is 14.5. The van der Waals surface area contributed by atoms with E-state index in [-0.39, 0.29) is 11.7 Å². The molecular formula is C29H33FN4O2. The van der Waals surface area contributed by atoms with Gasteiger partial charge < -0.3 is 10.0 Å². The van der Waals surface area contributed by atoms with Crippen LogP contribution in [0.15, 0.2) is 52.4 Å². The highest BCUT2D eigenvalue weighted by atomic mass is 19.1. The lowest BCUT2D eigenvalue weighted by molar-refractivity contribution is -0.143. The van der Waals surface area contributed by atoms with Crippen LogP contribution in [0.2, 0.25) is 0 Å². The number of halogens is 1. The van der Waals surface area contributed by atoms with Crippen LogP contribution in [0, 0.1) is 17.7 Å². The highest BCUT2D eigenvalue weighted by Gasteiger charge is 2.34. The van der Waals surface area contributed by atoms with Gasteiger partial charge in [-0.15, -0.1) is 0 Å². The van der Waals surface area contributed by atoms with Gasteiger partial charge in [-0.25, -0.2) is 4.39 Å². The van der Waals surface area contributed by atoms with Crippen LogP contribution in [-0.2, 0) is 4.79 Å². The van der Waals surface area contributed by atoms with Crippen LogP contribution < -0.4 is 5.43 Å². The van der Waals surface area contributed by atoms with Crippen LogP contribution in [-0.4, -0.2) is 59.3 Å². The van der Waals surface area contributed by atoms with Crippen LogP contribution in [0.4, 0.5) is 4.39 Å². The molecule has 0 spiro atoms. The van der Waals surface area contributed by atoms with Gasteiger partial charge in [0.15, 0.2) is 0 Å². The van der Waals surface area contributed by atoms with Crippen LogP contribution >= 0.6 is 0 Å². The third kappa shape index (κ3) is 3.99. The summed E-state index contributed by atoms with van der Waals surface area (Å²) in [7, 11) is 2.07. The van der Waals surface area contributed by atoms with E-state index >= 15 is 0 Å². The first-order valence-electron chi connectivity index (χ1n) is 13.1. The third-order valence-corrected chi connectivity index (χ3v) is 8.70. The minimum Gasteiger partial charge on any atom is -0.481 e. The number of nitrogens with zero attached hydrogens (tertiary/aromatic N) is 3. The standard InChI is InChI=1S/C29H33FN4O2/c1-17(29(35)36)18-3-6-22(7-4-18)34-11-9-19(10-12-34)24-15-33(2)16-25-23-14-21(30)13-20-5-8-26(27(20)23)31-32-28(24)25/h5,8-9,13-14,16-18,22,32H,3-4,6-7,10-12,15H2,1-2H3,(H,35,36). The van der Waals surface area contributed by atoms with E-state index in [4.69, 9.17) is 5.10 Å². The second-order valence-corrected chi connectivity index (χ2v) is 10.8. The molecule has 2 N–H and O–H groups in total. The molecule has 1 fully saturated rings. The van der Waals surface area contributed by atoms with Crippen molar-refractivity contribution < 1.29 is 14.3 Å². The summed E-state index contributed by atoms with van der Waals surface area (Å²) in [4.78, 5) is 16.1. The van der Waals surface area contributed by atoms with Gasteiger partial charge in [0.1, 0.15) is 5.82 Å². The van der Waals surface area contributed by atoms with E-state index in [1.165, 1.54) is 11.1 Å². The van der Waals surface area contributed by atoms with Crippen molar-refractivity contribution in [1.29, 1.82) is 0 Å². The largest absolute Gasteiger partial charge is 0.481 e. The quantitative estimate of drug-likeness (QED) is 0.648. The first-order chi connectivity index (χ1) is 17.4. The summed E-state index contributed by atoms with van der Waals surface area (Å²) in [5, 5.41) is 14.1. The number of carbonyl (C=O) groups is 1. The van der Waals surface area contributed by atoms with E-state index in [0.29, 0.717) is 12.0 Å². The molecule has 36 heavy (non-hydrogen) atoms. The maximum Gasteiger partial charge on any atom is 0.306 e. The Kier molecular flexibility index (Phi) is 5.83. The predicted molar refractivity (Wildman–Crippen MR) is 140 cm³/mol. The smallest absolute Gasteiger partial charge is 0.306 e. The van der Waals surface area contributed by atoms with Gasteiger partial charge in [0.2, 0.25) is 0 Å². The lowest BCUT2D eigenvalue weighted by Crippen LogP contribution is -2.42. The Morgan fingerprint density at radius 1 is 1.22 bits per heavy atom. The first-order valence-corrected chi connectivity index (χ1v) is 13.1. The number of fused-ring (bicyclic) bond motifs is 2. The Morgan fingerprint density at radius 3 is 2.75 bits per heavy atom. The number of carboxylic acids is 1. The van der Waals surface area contributed by atoms with Crippen molar-refractivity contribution in [2.45, 2.75) is 45.1 Å². The van der Waals surface area contributed by atoms with Crippen molar-refractivity contribution in [2.75, 3.05) is 26.7 Å². The molecule has 3 aliphatic heterocycles. The van der Waals surface area contributed by atoms with Gasteiger partial charge >= 0.3 is 5.97 Å². The number of carboxylic acid groups (broad SMARTS) is 1. The molecule has 6 nitrogen and oxygen atoms in total. The monoisotopic (exact) mass is 488 g/mol. The zero-order chi connectivity index (χ0) is 25.0. The molecule has 7 heteroatoms. The van der Waals surface area contributed by atoms with Gasteiger partial charge in [0.05, 0.1) is 17.3 Å². The number of hydrazone groups is 1. The van der Waals surface area contributed by atoms with E-state index < -0.39 is 5.97 Å². The molecule has 6 rings (SSSR count). The van der Waals surface area contributed by atoms with Crippen LogP contribution in [0.3, 0.4) is 0 Å². The maximum absolute atomic E-state index is 14.5. The van der Waals surface area contributed by atoms with E-state index in [0.717, 1.165) is 85.4 Å². The number of hydrogen-bond acceptors (Lipinski definition) is 5. The number of aliphatic carboxylic acids is 1. The second kappa shape index (κ2) is 9.04. The number of nitrogens with one attached hydrogen (secondary N) is 1. The Bertz CT molecular complexity index is 1270. The third-order valence-electron chi connectivity index (χ3n) is 8.70. The SMILES string of the molecule is CC(C(=O)O)C1CCC(N2CC=C(C3=C4NN=C5C=Cc6cc(F)cc(c65)C4=CN(C)C3)CC2)CC1. The fraction of sp³-hybridized carbons (Fsp3) is 0.448. The van der Waals surface area contributed by atoms with Gasteiger partial charge in [-0.3, -0.25) is 15.1 Å². The van der Waals surface area contributed by atoms with Crippen molar-refractivity contribution in [3.8, 4) is 0 Å². The van der Waals surface area contributed by atoms with Gasteiger partial charge in [0.25, 0.3) is 0 Å². The number of hydrogen-bond donors (Lipinski definition) is 2. The maximum atomic E-state index is 14.5. The molecule has 1 unspecified atom stereocenters. The topological polar surface area (TPSA) is 68.2 Å². The predicted octanol–water partition coefficient (Wildman–Crippen LogP) is 4.61. The van der Waals surface area contributed by atoms with Gasteiger partial charge in [-0.05, 0) is 72.9 Å². The average molecular weight is 489 g/mol. The number of allylic oxidation sites excluding steroid dienone is 2. The van der Waals surface area contributed by atoms with Crippen molar-refractivity contribution in [3.63, 3.8) is 0 Å². The highest BCUT2D eigenvalue weighted by molar-refractivity contribution is 6.20. The van der Waals surface area contributed by atoms with Crippen molar-refractivity contribution >= 4 is 23.3 Å². The van der Waals surface area contributed by atoms with E-state index in [1.807, 2.05) is 19.1 Å². The molecule has 3 heterocycles. The van der Waals surface area contributed by atoms with Crippen molar-refractivity contribution in [2.24, 2.45) is 16.9 Å². The molecule has 2 aliphatic carbocycles. The molecule has 188 valence electrons. The zero-order valence-corrected chi connectivity index (χ0v) is 20.9. The molecular weight excluding hydrogens is 455 g/mol. The zero-order valence-electron chi connectivity index (χ0n) is 20.9. The normalized spacial score (nSPS) is 26.3. The summed E-state index contributed by atoms with van der Waals surface area (Å²) in [6, 6.07) is 3.74. The number of benzene rings is 1. The fourth-order valence-electron chi connectivity index (χ4n) is 6.59. The molecule has 1 saturated carbocycles. The molecule has 0 amide bonds. The molecule has 0 radical (unpaired) electrons.